The molecule has 0 heterocycles. The lowest BCUT2D eigenvalue weighted by molar-refractivity contribution is 0.111. The lowest BCUT2D eigenvalue weighted by Gasteiger charge is -2.09. The zero-order chi connectivity index (χ0) is 12.3. The lowest BCUT2D eigenvalue weighted by atomic mass is 10.2. The molecule has 17 heavy (non-hydrogen) atoms. The van der Waals surface area contributed by atoms with Gasteiger partial charge in [-0.2, -0.15) is 0 Å². The van der Waals surface area contributed by atoms with Gasteiger partial charge in [-0.05, 0) is 18.1 Å². The molecule has 1 N–H and O–H groups in total. The average molecular weight is 237 g/mol. The number of nitrogens with one attached hydrogen (secondary N) is 1. The van der Waals surface area contributed by atoms with Crippen LogP contribution in [0.4, 0.5) is 0 Å². The Kier molecular flexibility index (Phi) is 7.43. The van der Waals surface area contributed by atoms with Crippen LogP contribution < -0.4 is 10.1 Å². The molecule has 1 rings (SSSR count). The van der Waals surface area contributed by atoms with Crippen molar-refractivity contribution in [1.82, 2.24) is 5.32 Å². The first-order valence-corrected chi connectivity index (χ1v) is 6.25. The molecule has 3 heteroatoms. The Morgan fingerprint density at radius 3 is 2.47 bits per heavy atom. The fraction of sp³-hybridized carbons (Fsp3) is 0.571. The molecule has 0 fully saturated rings. The topological polar surface area (TPSA) is 30.5 Å². The maximum absolute atomic E-state index is 5.55. The largest absolute Gasteiger partial charge is 0.492 e. The van der Waals surface area contributed by atoms with Gasteiger partial charge in [0.15, 0.2) is 0 Å². The Bertz CT molecular complexity index is 275. The molecule has 1 aromatic carbocycles. The average Bonchev–Trinajstić information content (AvgIpc) is 2.33. The molecule has 0 atom stereocenters. The molecular formula is C14H23NO2. The minimum Gasteiger partial charge on any atom is -0.492 e. The third-order valence-electron chi connectivity index (χ3n) is 2.17. The molecule has 0 spiro atoms. The van der Waals surface area contributed by atoms with Crippen LogP contribution in [0.15, 0.2) is 30.3 Å². The fourth-order valence-corrected chi connectivity index (χ4v) is 1.35. The van der Waals surface area contributed by atoms with Gasteiger partial charge in [0.2, 0.25) is 0 Å². The van der Waals surface area contributed by atoms with Crippen LogP contribution in [0.1, 0.15) is 13.8 Å². The second kappa shape index (κ2) is 9.02. The highest BCUT2D eigenvalue weighted by molar-refractivity contribution is 5.20. The molecule has 0 aliphatic heterocycles. The van der Waals surface area contributed by atoms with Crippen LogP contribution in [0.3, 0.4) is 0 Å². The summed E-state index contributed by atoms with van der Waals surface area (Å²) < 4.78 is 11.0. The zero-order valence-corrected chi connectivity index (χ0v) is 10.8. The van der Waals surface area contributed by atoms with Gasteiger partial charge >= 0.3 is 0 Å². The second-order valence-electron chi connectivity index (χ2n) is 4.38. The first-order chi connectivity index (χ1) is 8.29. The maximum atomic E-state index is 5.55. The Hall–Kier alpha value is -1.06. The Balaban J connectivity index is 1.88. The minimum absolute atomic E-state index is 0.608. The van der Waals surface area contributed by atoms with E-state index in [1.54, 1.807) is 0 Å². The summed E-state index contributed by atoms with van der Waals surface area (Å²) in [7, 11) is 0. The number of hydrogen-bond acceptors (Lipinski definition) is 3. The van der Waals surface area contributed by atoms with Gasteiger partial charge in [-0.3, -0.25) is 0 Å². The third kappa shape index (κ3) is 7.77. The van der Waals surface area contributed by atoms with Crippen LogP contribution in [0, 0.1) is 5.92 Å². The summed E-state index contributed by atoms with van der Waals surface area (Å²) in [5, 5.41) is 3.28. The van der Waals surface area contributed by atoms with Gasteiger partial charge in [0.1, 0.15) is 12.4 Å². The highest BCUT2D eigenvalue weighted by atomic mass is 16.5. The van der Waals surface area contributed by atoms with E-state index in [2.05, 4.69) is 19.2 Å². The highest BCUT2D eigenvalue weighted by Crippen LogP contribution is 2.07. The second-order valence-corrected chi connectivity index (χ2v) is 4.38. The molecule has 0 unspecified atom stereocenters. The standard InChI is InChI=1S/C14H23NO2/c1-13(2)12-16-10-8-15-9-11-17-14-6-4-3-5-7-14/h3-7,13,15H,8-12H2,1-2H3. The van der Waals surface area contributed by atoms with Crippen molar-refractivity contribution in [2.45, 2.75) is 13.8 Å². The van der Waals surface area contributed by atoms with Crippen LogP contribution in [-0.2, 0) is 4.74 Å². The quantitative estimate of drug-likeness (QED) is 0.669. The van der Waals surface area contributed by atoms with Gasteiger partial charge in [-0.1, -0.05) is 32.0 Å². The van der Waals surface area contributed by atoms with Crippen molar-refractivity contribution in [3.8, 4) is 5.75 Å². The zero-order valence-electron chi connectivity index (χ0n) is 10.8. The van der Waals surface area contributed by atoms with Crippen LogP contribution in [0.5, 0.6) is 5.75 Å². The highest BCUT2D eigenvalue weighted by Gasteiger charge is 1.94. The molecule has 0 aliphatic carbocycles. The Labute approximate surface area is 104 Å². The van der Waals surface area contributed by atoms with Gasteiger partial charge in [-0.25, -0.2) is 0 Å². The van der Waals surface area contributed by atoms with Gasteiger partial charge in [0, 0.05) is 19.7 Å². The molecule has 0 saturated heterocycles. The van der Waals surface area contributed by atoms with E-state index in [0.29, 0.717) is 12.5 Å². The molecule has 0 aliphatic rings. The van der Waals surface area contributed by atoms with Crippen molar-refractivity contribution < 1.29 is 9.47 Å². The van der Waals surface area contributed by atoms with Crippen molar-refractivity contribution in [2.75, 3.05) is 32.9 Å². The number of hydrogen-bond donors (Lipinski definition) is 1. The van der Waals surface area contributed by atoms with Crippen molar-refractivity contribution >= 4 is 0 Å². The summed E-state index contributed by atoms with van der Waals surface area (Å²) >= 11 is 0. The molecule has 0 saturated carbocycles. The van der Waals surface area contributed by atoms with E-state index in [1.165, 1.54) is 0 Å². The molecule has 0 amide bonds. The van der Waals surface area contributed by atoms with Crippen LogP contribution in [0.2, 0.25) is 0 Å². The number of para-hydroxylation sites is 1. The summed E-state index contributed by atoms with van der Waals surface area (Å²) in [4.78, 5) is 0. The Morgan fingerprint density at radius 2 is 1.76 bits per heavy atom. The summed E-state index contributed by atoms with van der Waals surface area (Å²) in [5.41, 5.74) is 0. The minimum atomic E-state index is 0.608. The smallest absolute Gasteiger partial charge is 0.119 e. The molecule has 3 nitrogen and oxygen atoms in total. The van der Waals surface area contributed by atoms with E-state index in [4.69, 9.17) is 9.47 Å². The van der Waals surface area contributed by atoms with Crippen LogP contribution >= 0.6 is 0 Å². The van der Waals surface area contributed by atoms with Gasteiger partial charge in [0.25, 0.3) is 0 Å². The van der Waals surface area contributed by atoms with Crippen molar-refractivity contribution in [2.24, 2.45) is 5.92 Å². The van der Waals surface area contributed by atoms with E-state index < -0.39 is 0 Å². The normalized spacial score (nSPS) is 10.8. The SMILES string of the molecule is CC(C)COCCNCCOc1ccccc1. The molecule has 0 radical (unpaired) electrons. The van der Waals surface area contributed by atoms with E-state index >= 15 is 0 Å². The van der Waals surface area contributed by atoms with Crippen molar-refractivity contribution in [1.29, 1.82) is 0 Å². The molecule has 0 aromatic heterocycles. The van der Waals surface area contributed by atoms with Crippen LogP contribution in [0.25, 0.3) is 0 Å². The van der Waals surface area contributed by atoms with Crippen LogP contribution in [-0.4, -0.2) is 32.9 Å². The van der Waals surface area contributed by atoms with Gasteiger partial charge in [0.05, 0.1) is 6.61 Å². The lowest BCUT2D eigenvalue weighted by Crippen LogP contribution is -2.25. The summed E-state index contributed by atoms with van der Waals surface area (Å²) in [6.45, 7) is 8.33. The van der Waals surface area contributed by atoms with Gasteiger partial charge in [-0.15, -0.1) is 0 Å². The monoisotopic (exact) mass is 237 g/mol. The summed E-state index contributed by atoms with van der Waals surface area (Å²) in [5.74, 6) is 1.53. The molecular weight excluding hydrogens is 214 g/mol. The van der Waals surface area contributed by atoms with Gasteiger partial charge < -0.3 is 14.8 Å². The van der Waals surface area contributed by atoms with E-state index in [-0.39, 0.29) is 0 Å². The Morgan fingerprint density at radius 1 is 1.06 bits per heavy atom. The first kappa shape index (κ1) is 14.0. The third-order valence-corrected chi connectivity index (χ3v) is 2.17. The maximum Gasteiger partial charge on any atom is 0.119 e. The number of benzene rings is 1. The summed E-state index contributed by atoms with van der Waals surface area (Å²) in [6, 6.07) is 9.86. The van der Waals surface area contributed by atoms with Crippen molar-refractivity contribution in [3.05, 3.63) is 30.3 Å². The summed E-state index contributed by atoms with van der Waals surface area (Å²) in [6.07, 6.45) is 0. The fourth-order valence-electron chi connectivity index (χ4n) is 1.35. The molecule has 1 aromatic rings. The van der Waals surface area contributed by atoms with E-state index in [1.807, 2.05) is 30.3 Å². The predicted molar refractivity (Wildman–Crippen MR) is 70.5 cm³/mol. The molecule has 0 bridgehead atoms. The predicted octanol–water partition coefficient (Wildman–Crippen LogP) is 2.33. The van der Waals surface area contributed by atoms with E-state index in [0.717, 1.165) is 32.1 Å². The molecule has 96 valence electrons. The van der Waals surface area contributed by atoms with Crippen molar-refractivity contribution in [3.63, 3.8) is 0 Å². The number of rotatable bonds is 9. The number of ether oxygens (including phenoxy) is 2. The first-order valence-electron chi connectivity index (χ1n) is 6.25. The van der Waals surface area contributed by atoms with E-state index in [9.17, 15) is 0 Å².